The fourth-order valence-corrected chi connectivity index (χ4v) is 4.52. The average molecular weight is 478 g/mol. The van der Waals surface area contributed by atoms with Gasteiger partial charge in [-0.1, -0.05) is 36.4 Å². The quantitative estimate of drug-likeness (QED) is 0.518. The van der Waals surface area contributed by atoms with E-state index in [9.17, 15) is 13.2 Å². The van der Waals surface area contributed by atoms with E-state index in [-0.39, 0.29) is 22.5 Å². The summed E-state index contributed by atoms with van der Waals surface area (Å²) in [5, 5.41) is 5.62. The van der Waals surface area contributed by atoms with Gasteiger partial charge in [-0.25, -0.2) is 27.7 Å². The first kappa shape index (κ1) is 23.1. The van der Waals surface area contributed by atoms with E-state index in [4.69, 9.17) is 4.74 Å². The molecule has 10 heteroatoms. The van der Waals surface area contributed by atoms with E-state index >= 15 is 0 Å². The molecule has 0 radical (unpaired) electrons. The third kappa shape index (κ3) is 4.81. The molecule has 2 aromatic carbocycles. The Hall–Kier alpha value is -4.05. The molecule has 174 valence electrons. The summed E-state index contributed by atoms with van der Waals surface area (Å²) in [7, 11) is -1.03. The Labute approximate surface area is 198 Å². The van der Waals surface area contributed by atoms with Crippen LogP contribution in [-0.4, -0.2) is 56.2 Å². The highest BCUT2D eigenvalue weighted by Crippen LogP contribution is 2.27. The number of methoxy groups -OCH3 is 1. The van der Waals surface area contributed by atoms with Gasteiger partial charge in [-0.2, -0.15) is 5.10 Å². The van der Waals surface area contributed by atoms with Crippen molar-refractivity contribution in [3.8, 4) is 5.88 Å². The SMILES string of the molecule is COc1nccnc1N(C)S(=O)(=O)c1ccc(CC=C2C=NN(C(=O)c3ccccc3)C2)cc1. The third-order valence-electron chi connectivity index (χ3n) is 5.27. The summed E-state index contributed by atoms with van der Waals surface area (Å²) in [4.78, 5) is 20.7. The molecule has 0 atom stereocenters. The maximum Gasteiger partial charge on any atom is 0.274 e. The smallest absolute Gasteiger partial charge is 0.274 e. The molecule has 3 aromatic rings. The van der Waals surface area contributed by atoms with Crippen LogP contribution in [0.25, 0.3) is 0 Å². The lowest BCUT2D eigenvalue weighted by Crippen LogP contribution is -2.28. The van der Waals surface area contributed by atoms with Crippen molar-refractivity contribution in [1.29, 1.82) is 0 Å². The van der Waals surface area contributed by atoms with Crippen LogP contribution in [0, 0.1) is 0 Å². The third-order valence-corrected chi connectivity index (χ3v) is 7.03. The van der Waals surface area contributed by atoms with Gasteiger partial charge < -0.3 is 4.74 Å². The van der Waals surface area contributed by atoms with Gasteiger partial charge in [0.15, 0.2) is 0 Å². The van der Waals surface area contributed by atoms with Crippen LogP contribution >= 0.6 is 0 Å². The number of aromatic nitrogens is 2. The van der Waals surface area contributed by atoms with Crippen molar-refractivity contribution < 1.29 is 17.9 Å². The highest BCUT2D eigenvalue weighted by molar-refractivity contribution is 7.92. The second kappa shape index (κ2) is 9.84. The minimum Gasteiger partial charge on any atom is -0.478 e. The predicted octanol–water partition coefficient (Wildman–Crippen LogP) is 2.92. The van der Waals surface area contributed by atoms with Crippen LogP contribution in [-0.2, 0) is 16.4 Å². The van der Waals surface area contributed by atoms with Crippen LogP contribution in [0.5, 0.6) is 5.88 Å². The number of ether oxygens (including phenoxy) is 1. The van der Waals surface area contributed by atoms with Crippen LogP contribution in [0.3, 0.4) is 0 Å². The number of benzene rings is 2. The van der Waals surface area contributed by atoms with E-state index in [2.05, 4.69) is 15.1 Å². The van der Waals surface area contributed by atoms with Gasteiger partial charge in [0.05, 0.1) is 24.8 Å². The summed E-state index contributed by atoms with van der Waals surface area (Å²) >= 11 is 0. The maximum atomic E-state index is 13.0. The summed E-state index contributed by atoms with van der Waals surface area (Å²) in [5.41, 5.74) is 2.42. The second-order valence-corrected chi connectivity index (χ2v) is 9.43. The van der Waals surface area contributed by atoms with Crippen LogP contribution in [0.2, 0.25) is 0 Å². The molecule has 2 heterocycles. The molecular formula is C24H23N5O4S. The molecule has 0 spiro atoms. The Morgan fingerprint density at radius 3 is 2.50 bits per heavy atom. The Balaban J connectivity index is 1.42. The standard InChI is InChI=1S/C24H23N5O4S/c1-28(22-23(33-2)26-15-14-25-22)34(31,32)21-12-10-18(11-13-21)8-9-19-16-27-29(17-19)24(30)20-6-4-3-5-7-20/h3-7,9-16H,8,17H2,1-2H3. The van der Waals surface area contributed by atoms with Crippen LogP contribution in [0.4, 0.5) is 5.82 Å². The molecule has 0 saturated heterocycles. The number of sulfonamides is 1. The highest BCUT2D eigenvalue weighted by atomic mass is 32.2. The molecule has 1 aliphatic heterocycles. The number of hydrazone groups is 1. The lowest BCUT2D eigenvalue weighted by atomic mass is 10.1. The zero-order chi connectivity index (χ0) is 24.1. The Kier molecular flexibility index (Phi) is 6.69. The molecule has 0 saturated carbocycles. The van der Waals surface area contributed by atoms with E-state index < -0.39 is 10.0 Å². The van der Waals surface area contributed by atoms with Crippen molar-refractivity contribution in [2.24, 2.45) is 5.10 Å². The van der Waals surface area contributed by atoms with Crippen LogP contribution in [0.15, 0.2) is 88.6 Å². The van der Waals surface area contributed by atoms with E-state index in [1.54, 1.807) is 42.6 Å². The van der Waals surface area contributed by atoms with Gasteiger partial charge in [-0.05, 0) is 41.8 Å². The van der Waals surface area contributed by atoms with Crippen molar-refractivity contribution in [3.05, 3.63) is 89.8 Å². The van der Waals surface area contributed by atoms with Gasteiger partial charge in [0.2, 0.25) is 5.82 Å². The fraction of sp³-hybridized carbons (Fsp3) is 0.167. The zero-order valence-corrected chi connectivity index (χ0v) is 19.5. The second-order valence-electron chi connectivity index (χ2n) is 7.46. The molecule has 0 unspecified atom stereocenters. The van der Waals surface area contributed by atoms with Crippen molar-refractivity contribution in [2.45, 2.75) is 11.3 Å². The number of hydrogen-bond donors (Lipinski definition) is 0. The lowest BCUT2D eigenvalue weighted by molar-refractivity contribution is 0.0785. The summed E-state index contributed by atoms with van der Waals surface area (Å²) < 4.78 is 32.2. The average Bonchev–Trinajstić information content (AvgIpc) is 3.36. The van der Waals surface area contributed by atoms with E-state index in [1.165, 1.54) is 31.6 Å². The number of carbonyl (C=O) groups is 1. The predicted molar refractivity (Wildman–Crippen MR) is 128 cm³/mol. The molecule has 0 fully saturated rings. The first-order chi connectivity index (χ1) is 16.4. The summed E-state index contributed by atoms with van der Waals surface area (Å²) in [6.07, 6.45) is 7.05. The maximum absolute atomic E-state index is 13.0. The van der Waals surface area contributed by atoms with E-state index in [0.29, 0.717) is 18.5 Å². The summed E-state index contributed by atoms with van der Waals surface area (Å²) in [6, 6.07) is 15.6. The van der Waals surface area contributed by atoms with Gasteiger partial charge in [-0.15, -0.1) is 0 Å². The molecule has 0 aliphatic carbocycles. The first-order valence-electron chi connectivity index (χ1n) is 10.4. The first-order valence-corrected chi connectivity index (χ1v) is 11.9. The summed E-state index contributed by atoms with van der Waals surface area (Å²) in [5.74, 6) is 0.0717. The zero-order valence-electron chi connectivity index (χ0n) is 18.7. The van der Waals surface area contributed by atoms with Gasteiger partial charge >= 0.3 is 0 Å². The van der Waals surface area contributed by atoms with Gasteiger partial charge in [0, 0.05) is 25.0 Å². The Bertz CT molecular complexity index is 1340. The number of carbonyl (C=O) groups excluding carboxylic acids is 1. The minimum absolute atomic E-state index is 0.105. The van der Waals surface area contributed by atoms with Crippen molar-refractivity contribution >= 4 is 28.0 Å². The van der Waals surface area contributed by atoms with Crippen LogP contribution in [0.1, 0.15) is 15.9 Å². The lowest BCUT2D eigenvalue weighted by Gasteiger charge is -2.19. The molecule has 0 bridgehead atoms. The Morgan fingerprint density at radius 1 is 1.09 bits per heavy atom. The molecule has 4 rings (SSSR count). The number of amides is 1. The molecule has 1 amide bonds. The fourth-order valence-electron chi connectivity index (χ4n) is 3.37. The van der Waals surface area contributed by atoms with Crippen LogP contribution < -0.4 is 9.04 Å². The number of allylic oxidation sites excluding steroid dienone is 1. The molecule has 34 heavy (non-hydrogen) atoms. The van der Waals surface area contributed by atoms with E-state index in [0.717, 1.165) is 15.4 Å². The van der Waals surface area contributed by atoms with E-state index in [1.807, 2.05) is 24.3 Å². The van der Waals surface area contributed by atoms with Gasteiger partial charge in [-0.3, -0.25) is 4.79 Å². The topological polar surface area (TPSA) is 105 Å². The molecule has 9 nitrogen and oxygen atoms in total. The largest absolute Gasteiger partial charge is 0.478 e. The number of rotatable bonds is 7. The normalized spacial score (nSPS) is 14.4. The molecule has 1 aliphatic rings. The minimum atomic E-state index is -3.85. The molecule has 0 N–H and O–H groups in total. The van der Waals surface area contributed by atoms with Crippen molar-refractivity contribution in [1.82, 2.24) is 15.0 Å². The highest BCUT2D eigenvalue weighted by Gasteiger charge is 2.25. The van der Waals surface area contributed by atoms with Crippen molar-refractivity contribution in [3.63, 3.8) is 0 Å². The molecular weight excluding hydrogens is 454 g/mol. The Morgan fingerprint density at radius 2 is 1.79 bits per heavy atom. The van der Waals surface area contributed by atoms with Gasteiger partial charge in [0.1, 0.15) is 0 Å². The number of hydrogen-bond acceptors (Lipinski definition) is 7. The monoisotopic (exact) mass is 477 g/mol. The molecule has 1 aromatic heterocycles. The number of anilines is 1. The number of nitrogens with zero attached hydrogens (tertiary/aromatic N) is 5. The van der Waals surface area contributed by atoms with Crippen molar-refractivity contribution in [2.75, 3.05) is 25.0 Å². The van der Waals surface area contributed by atoms with Gasteiger partial charge in [0.25, 0.3) is 21.8 Å². The summed E-state index contributed by atoms with van der Waals surface area (Å²) in [6.45, 7) is 0.394.